The van der Waals surface area contributed by atoms with E-state index in [1.54, 1.807) is 0 Å². The van der Waals surface area contributed by atoms with Crippen LogP contribution in [0.15, 0.2) is 0 Å². The summed E-state index contributed by atoms with van der Waals surface area (Å²) in [6.45, 7) is 4.44. The highest BCUT2D eigenvalue weighted by Gasteiger charge is 2.36. The van der Waals surface area contributed by atoms with Crippen LogP contribution in [0.3, 0.4) is 0 Å². The number of nitrogens with one attached hydrogen (secondary N) is 1. The second kappa shape index (κ2) is 5.61. The van der Waals surface area contributed by atoms with Gasteiger partial charge in [0.05, 0.1) is 5.88 Å². The van der Waals surface area contributed by atoms with Crippen molar-refractivity contribution in [2.24, 2.45) is 5.41 Å². The van der Waals surface area contributed by atoms with Crippen molar-refractivity contribution in [3.63, 3.8) is 0 Å². The molecule has 19 heavy (non-hydrogen) atoms. The van der Waals surface area contributed by atoms with Crippen LogP contribution in [-0.2, 0) is 4.79 Å². The number of hydrogen-bond acceptors (Lipinski definition) is 3. The normalized spacial score (nSPS) is 30.1. The first-order valence-electron chi connectivity index (χ1n) is 6.77. The SMILES string of the molecule is CC1(C)CCCC(NC(=O)N2CSCC2C(=O)O)C1. The summed E-state index contributed by atoms with van der Waals surface area (Å²) in [5.41, 5.74) is 0.266. The van der Waals surface area contributed by atoms with E-state index in [9.17, 15) is 9.59 Å². The Morgan fingerprint density at radius 1 is 1.42 bits per heavy atom. The van der Waals surface area contributed by atoms with Gasteiger partial charge in [0.15, 0.2) is 0 Å². The fourth-order valence-corrected chi connectivity index (χ4v) is 4.07. The topological polar surface area (TPSA) is 69.6 Å². The Balaban J connectivity index is 1.92. The number of nitrogens with zero attached hydrogens (tertiary/aromatic N) is 1. The van der Waals surface area contributed by atoms with E-state index in [4.69, 9.17) is 5.11 Å². The number of carboxylic acid groups (broad SMARTS) is 1. The molecule has 0 aromatic rings. The largest absolute Gasteiger partial charge is 0.480 e. The minimum Gasteiger partial charge on any atom is -0.480 e. The number of aliphatic carboxylic acids is 1. The van der Waals surface area contributed by atoms with Gasteiger partial charge in [0.1, 0.15) is 6.04 Å². The van der Waals surface area contributed by atoms with Gasteiger partial charge in [-0.1, -0.05) is 20.3 Å². The fourth-order valence-electron chi connectivity index (χ4n) is 2.93. The lowest BCUT2D eigenvalue weighted by Crippen LogP contribution is -2.51. The maximum Gasteiger partial charge on any atom is 0.327 e. The van der Waals surface area contributed by atoms with E-state index in [1.807, 2.05) is 0 Å². The highest BCUT2D eigenvalue weighted by molar-refractivity contribution is 7.99. The molecule has 2 fully saturated rings. The molecule has 0 aromatic carbocycles. The smallest absolute Gasteiger partial charge is 0.327 e. The van der Waals surface area contributed by atoms with Crippen LogP contribution in [0.1, 0.15) is 39.5 Å². The van der Waals surface area contributed by atoms with Gasteiger partial charge in [-0.3, -0.25) is 0 Å². The third-order valence-electron chi connectivity index (χ3n) is 3.96. The molecule has 1 aliphatic heterocycles. The van der Waals surface area contributed by atoms with Gasteiger partial charge in [0.2, 0.25) is 0 Å². The summed E-state index contributed by atoms with van der Waals surface area (Å²) in [6.07, 6.45) is 4.27. The van der Waals surface area contributed by atoms with Gasteiger partial charge in [0.25, 0.3) is 0 Å². The maximum atomic E-state index is 12.2. The van der Waals surface area contributed by atoms with Gasteiger partial charge in [-0.05, 0) is 24.7 Å². The molecular formula is C13H22N2O3S. The number of carboxylic acids is 1. The van der Waals surface area contributed by atoms with E-state index >= 15 is 0 Å². The molecule has 1 aliphatic carbocycles. The summed E-state index contributed by atoms with van der Waals surface area (Å²) in [6, 6.07) is -0.724. The molecule has 2 atom stereocenters. The fraction of sp³-hybridized carbons (Fsp3) is 0.846. The van der Waals surface area contributed by atoms with Gasteiger partial charge in [0, 0.05) is 11.8 Å². The van der Waals surface area contributed by atoms with Crippen molar-refractivity contribution < 1.29 is 14.7 Å². The molecule has 108 valence electrons. The number of hydrogen-bond donors (Lipinski definition) is 2. The lowest BCUT2D eigenvalue weighted by atomic mass is 9.75. The Morgan fingerprint density at radius 3 is 2.79 bits per heavy atom. The molecule has 2 amide bonds. The van der Waals surface area contributed by atoms with E-state index in [0.29, 0.717) is 11.6 Å². The molecule has 2 rings (SSSR count). The average molecular weight is 286 g/mol. The van der Waals surface area contributed by atoms with Crippen molar-refractivity contribution in [2.75, 3.05) is 11.6 Å². The lowest BCUT2D eigenvalue weighted by molar-refractivity contribution is -0.140. The van der Waals surface area contributed by atoms with Crippen molar-refractivity contribution in [3.8, 4) is 0 Å². The molecule has 5 nitrogen and oxygen atoms in total. The Morgan fingerprint density at radius 2 is 2.16 bits per heavy atom. The number of thioether (sulfide) groups is 1. The quantitative estimate of drug-likeness (QED) is 0.816. The van der Waals surface area contributed by atoms with Crippen LogP contribution in [0.25, 0.3) is 0 Å². The summed E-state index contributed by atoms with van der Waals surface area (Å²) in [5.74, 6) is 0.0433. The molecular weight excluding hydrogens is 264 g/mol. The molecule has 0 radical (unpaired) electrons. The first-order valence-corrected chi connectivity index (χ1v) is 7.92. The molecule has 1 saturated heterocycles. The van der Waals surface area contributed by atoms with Gasteiger partial charge in [-0.25, -0.2) is 9.59 Å². The molecule has 0 bridgehead atoms. The van der Waals surface area contributed by atoms with Gasteiger partial charge in [-0.2, -0.15) is 0 Å². The van der Waals surface area contributed by atoms with Crippen molar-refractivity contribution in [1.29, 1.82) is 0 Å². The van der Waals surface area contributed by atoms with Crippen LogP contribution in [0.4, 0.5) is 4.79 Å². The maximum absolute atomic E-state index is 12.2. The molecule has 6 heteroatoms. The van der Waals surface area contributed by atoms with E-state index in [-0.39, 0.29) is 17.5 Å². The van der Waals surface area contributed by atoms with Crippen LogP contribution < -0.4 is 5.32 Å². The average Bonchev–Trinajstić information content (AvgIpc) is 2.76. The van der Waals surface area contributed by atoms with Crippen molar-refractivity contribution in [3.05, 3.63) is 0 Å². The van der Waals surface area contributed by atoms with Gasteiger partial charge >= 0.3 is 12.0 Å². The summed E-state index contributed by atoms with van der Waals surface area (Å²) in [4.78, 5) is 24.7. The van der Waals surface area contributed by atoms with E-state index in [2.05, 4.69) is 19.2 Å². The standard InChI is InChI=1S/C13H22N2O3S/c1-13(2)5-3-4-9(6-13)14-12(18)15-8-19-7-10(15)11(16)17/h9-10H,3-8H2,1-2H3,(H,14,18)(H,16,17). The van der Waals surface area contributed by atoms with E-state index < -0.39 is 12.0 Å². The third kappa shape index (κ3) is 3.55. The molecule has 2 aliphatic rings. The first-order chi connectivity index (χ1) is 8.89. The minimum absolute atomic E-state index is 0.177. The molecule has 0 spiro atoms. The minimum atomic E-state index is -0.913. The molecule has 2 N–H and O–H groups in total. The highest BCUT2D eigenvalue weighted by atomic mass is 32.2. The van der Waals surface area contributed by atoms with Crippen molar-refractivity contribution in [2.45, 2.75) is 51.6 Å². The lowest BCUT2D eigenvalue weighted by Gasteiger charge is -2.36. The number of rotatable bonds is 2. The summed E-state index contributed by atoms with van der Waals surface area (Å²) in [7, 11) is 0. The van der Waals surface area contributed by atoms with Gasteiger partial charge < -0.3 is 15.3 Å². The summed E-state index contributed by atoms with van der Waals surface area (Å²) >= 11 is 1.49. The molecule has 2 unspecified atom stereocenters. The zero-order chi connectivity index (χ0) is 14.0. The Hall–Kier alpha value is -0.910. The monoisotopic (exact) mass is 286 g/mol. The molecule has 1 heterocycles. The van der Waals surface area contributed by atoms with E-state index in [0.717, 1.165) is 19.3 Å². The Labute approximate surface area is 118 Å². The van der Waals surface area contributed by atoms with Crippen LogP contribution in [-0.4, -0.2) is 45.7 Å². The van der Waals surface area contributed by atoms with Crippen LogP contribution in [0, 0.1) is 5.41 Å². The third-order valence-corrected chi connectivity index (χ3v) is 4.97. The first kappa shape index (κ1) is 14.5. The van der Waals surface area contributed by atoms with Crippen LogP contribution in [0.2, 0.25) is 0 Å². The Kier molecular flexibility index (Phi) is 4.28. The number of urea groups is 1. The zero-order valence-electron chi connectivity index (χ0n) is 11.5. The molecule has 1 saturated carbocycles. The molecule has 0 aromatic heterocycles. The van der Waals surface area contributed by atoms with Gasteiger partial charge in [-0.15, -0.1) is 11.8 Å². The summed E-state index contributed by atoms with van der Waals surface area (Å²) in [5, 5.41) is 12.1. The second-order valence-electron chi connectivity index (χ2n) is 6.23. The number of carbonyl (C=O) groups excluding carboxylic acids is 1. The number of carbonyl (C=O) groups is 2. The van der Waals surface area contributed by atoms with Crippen LogP contribution in [0.5, 0.6) is 0 Å². The Bertz CT molecular complexity index is 373. The predicted octanol–water partition coefficient (Wildman–Crippen LogP) is 2.12. The predicted molar refractivity (Wildman–Crippen MR) is 75.2 cm³/mol. The van der Waals surface area contributed by atoms with Crippen LogP contribution >= 0.6 is 11.8 Å². The zero-order valence-corrected chi connectivity index (χ0v) is 12.3. The highest BCUT2D eigenvalue weighted by Crippen LogP contribution is 2.35. The van der Waals surface area contributed by atoms with Crippen molar-refractivity contribution >= 4 is 23.8 Å². The second-order valence-corrected chi connectivity index (χ2v) is 7.23. The van der Waals surface area contributed by atoms with E-state index in [1.165, 1.54) is 23.1 Å². The van der Waals surface area contributed by atoms with Crippen molar-refractivity contribution in [1.82, 2.24) is 10.2 Å². The number of amides is 2. The summed E-state index contributed by atoms with van der Waals surface area (Å²) < 4.78 is 0.